The molecule has 0 aromatic heterocycles. The van der Waals surface area contributed by atoms with Gasteiger partial charge in [-0.1, -0.05) is 0 Å². The Morgan fingerprint density at radius 1 is 1.32 bits per heavy atom. The molecule has 1 unspecified atom stereocenters. The highest BCUT2D eigenvalue weighted by Gasteiger charge is 2.27. The molecule has 0 aliphatic rings. The van der Waals surface area contributed by atoms with E-state index < -0.39 is 24.6 Å². The fourth-order valence-electron chi connectivity index (χ4n) is 1.55. The van der Waals surface area contributed by atoms with Crippen LogP contribution in [0.25, 0.3) is 0 Å². The summed E-state index contributed by atoms with van der Waals surface area (Å²) in [5.41, 5.74) is 6.18. The number of benzene rings is 1. The number of halogens is 4. The Kier molecular flexibility index (Phi) is 5.56. The predicted molar refractivity (Wildman–Crippen MR) is 61.4 cm³/mol. The van der Waals surface area contributed by atoms with Crippen LogP contribution < -0.4 is 10.5 Å². The molecular weight excluding hydrogens is 266 g/mol. The summed E-state index contributed by atoms with van der Waals surface area (Å²) in [6, 6.07) is 3.18. The Labute approximate surface area is 108 Å². The van der Waals surface area contributed by atoms with Crippen LogP contribution in [0.4, 0.5) is 17.6 Å². The summed E-state index contributed by atoms with van der Waals surface area (Å²) in [6.07, 6.45) is -4.23. The molecule has 19 heavy (non-hydrogen) atoms. The molecular formula is C12H15F4NO2. The van der Waals surface area contributed by atoms with E-state index in [1.54, 1.807) is 0 Å². The van der Waals surface area contributed by atoms with Crippen LogP contribution in [-0.2, 0) is 4.74 Å². The first-order valence-electron chi connectivity index (χ1n) is 5.57. The third-order valence-corrected chi connectivity index (χ3v) is 2.43. The zero-order chi connectivity index (χ0) is 14.5. The molecule has 1 rings (SSSR count). The average Bonchev–Trinajstić information content (AvgIpc) is 2.33. The lowest BCUT2D eigenvalue weighted by molar-refractivity contribution is -0.174. The van der Waals surface area contributed by atoms with Crippen molar-refractivity contribution in [2.75, 3.05) is 20.3 Å². The van der Waals surface area contributed by atoms with Crippen molar-refractivity contribution in [3.63, 3.8) is 0 Å². The van der Waals surface area contributed by atoms with Crippen molar-refractivity contribution in [1.82, 2.24) is 0 Å². The van der Waals surface area contributed by atoms with Crippen LogP contribution in [0.2, 0.25) is 0 Å². The minimum absolute atomic E-state index is 0.135. The van der Waals surface area contributed by atoms with Crippen LogP contribution >= 0.6 is 0 Å². The second-order valence-electron chi connectivity index (χ2n) is 3.95. The minimum atomic E-state index is -4.36. The fraction of sp³-hybridized carbons (Fsp3) is 0.500. The van der Waals surface area contributed by atoms with Gasteiger partial charge >= 0.3 is 6.18 Å². The molecule has 1 atom stereocenters. The van der Waals surface area contributed by atoms with Gasteiger partial charge in [0, 0.05) is 18.2 Å². The monoisotopic (exact) mass is 281 g/mol. The quantitative estimate of drug-likeness (QED) is 0.644. The molecule has 0 spiro atoms. The summed E-state index contributed by atoms with van der Waals surface area (Å²) in [7, 11) is 1.41. The lowest BCUT2D eigenvalue weighted by atomic mass is 10.0. The van der Waals surface area contributed by atoms with E-state index in [-0.39, 0.29) is 13.0 Å². The Balaban J connectivity index is 2.53. The number of hydrogen-bond donors (Lipinski definition) is 1. The number of alkyl halides is 3. The van der Waals surface area contributed by atoms with Crippen molar-refractivity contribution in [3.8, 4) is 5.75 Å². The molecule has 1 aromatic rings. The fourth-order valence-corrected chi connectivity index (χ4v) is 1.55. The molecule has 1 aromatic carbocycles. The highest BCUT2D eigenvalue weighted by atomic mass is 19.4. The van der Waals surface area contributed by atoms with Crippen molar-refractivity contribution in [2.45, 2.75) is 18.6 Å². The van der Waals surface area contributed by atoms with Gasteiger partial charge in [-0.2, -0.15) is 13.2 Å². The molecule has 0 amide bonds. The van der Waals surface area contributed by atoms with Gasteiger partial charge < -0.3 is 15.2 Å². The molecule has 0 fully saturated rings. The first-order chi connectivity index (χ1) is 8.83. The van der Waals surface area contributed by atoms with E-state index in [2.05, 4.69) is 4.74 Å². The molecule has 108 valence electrons. The summed E-state index contributed by atoms with van der Waals surface area (Å²) in [5, 5.41) is 0. The Morgan fingerprint density at radius 3 is 2.58 bits per heavy atom. The van der Waals surface area contributed by atoms with Crippen LogP contribution in [0, 0.1) is 5.82 Å². The predicted octanol–water partition coefficient (Wildman–Crippen LogP) is 2.80. The lowest BCUT2D eigenvalue weighted by Crippen LogP contribution is -2.20. The average molecular weight is 281 g/mol. The molecule has 0 heterocycles. The maximum absolute atomic E-state index is 13.1. The van der Waals surface area contributed by atoms with E-state index in [1.807, 2.05) is 0 Å². The van der Waals surface area contributed by atoms with E-state index >= 15 is 0 Å². The molecule has 7 heteroatoms. The maximum Gasteiger partial charge on any atom is 0.411 e. The molecule has 0 radical (unpaired) electrons. The smallest absolute Gasteiger partial charge is 0.411 e. The summed E-state index contributed by atoms with van der Waals surface area (Å²) in [4.78, 5) is 0. The number of rotatable bonds is 6. The van der Waals surface area contributed by atoms with Crippen molar-refractivity contribution in [2.24, 2.45) is 5.73 Å². The topological polar surface area (TPSA) is 44.5 Å². The standard InChI is InChI=1S/C12H15F4NO2/c1-18-11-3-2-8(13)6-9(11)10(17)4-5-19-7-12(14,15)16/h2-3,6,10H,4-5,7,17H2,1H3. The van der Waals surface area contributed by atoms with Gasteiger partial charge in [0.15, 0.2) is 0 Å². The molecule has 0 saturated heterocycles. The van der Waals surface area contributed by atoms with Crippen molar-refractivity contribution in [3.05, 3.63) is 29.6 Å². The molecule has 2 N–H and O–H groups in total. The largest absolute Gasteiger partial charge is 0.496 e. The second-order valence-corrected chi connectivity index (χ2v) is 3.95. The third-order valence-electron chi connectivity index (χ3n) is 2.43. The van der Waals surface area contributed by atoms with Crippen LogP contribution in [-0.4, -0.2) is 26.5 Å². The Morgan fingerprint density at radius 2 is 2.00 bits per heavy atom. The minimum Gasteiger partial charge on any atom is -0.496 e. The van der Waals surface area contributed by atoms with Crippen LogP contribution in [0.3, 0.4) is 0 Å². The Hall–Kier alpha value is -1.34. The first-order valence-corrected chi connectivity index (χ1v) is 5.57. The van der Waals surface area contributed by atoms with Gasteiger partial charge in [0.25, 0.3) is 0 Å². The van der Waals surface area contributed by atoms with Gasteiger partial charge in [0.1, 0.15) is 18.2 Å². The molecule has 3 nitrogen and oxygen atoms in total. The van der Waals surface area contributed by atoms with E-state index in [0.717, 1.165) is 0 Å². The summed E-state index contributed by atoms with van der Waals surface area (Å²) in [6.45, 7) is -1.49. The van der Waals surface area contributed by atoms with E-state index in [9.17, 15) is 17.6 Å². The van der Waals surface area contributed by atoms with Gasteiger partial charge in [-0.25, -0.2) is 4.39 Å². The third kappa shape index (κ3) is 5.44. The van der Waals surface area contributed by atoms with E-state index in [0.29, 0.717) is 11.3 Å². The molecule has 0 bridgehead atoms. The van der Waals surface area contributed by atoms with Crippen molar-refractivity contribution < 1.29 is 27.0 Å². The number of nitrogens with two attached hydrogens (primary N) is 1. The van der Waals surface area contributed by atoms with E-state index in [4.69, 9.17) is 10.5 Å². The van der Waals surface area contributed by atoms with Gasteiger partial charge in [-0.15, -0.1) is 0 Å². The molecule has 0 aliphatic heterocycles. The van der Waals surface area contributed by atoms with Crippen LogP contribution in [0.5, 0.6) is 5.75 Å². The van der Waals surface area contributed by atoms with Crippen molar-refractivity contribution in [1.29, 1.82) is 0 Å². The zero-order valence-corrected chi connectivity index (χ0v) is 10.3. The number of methoxy groups -OCH3 is 1. The first kappa shape index (κ1) is 15.7. The SMILES string of the molecule is COc1ccc(F)cc1C(N)CCOCC(F)(F)F. The number of ether oxygens (including phenoxy) is 2. The number of hydrogen-bond acceptors (Lipinski definition) is 3. The summed E-state index contributed by atoms with van der Waals surface area (Å²) >= 11 is 0. The van der Waals surface area contributed by atoms with Crippen LogP contribution in [0.1, 0.15) is 18.0 Å². The molecule has 0 aliphatic carbocycles. The summed E-state index contributed by atoms with van der Waals surface area (Å²) < 4.78 is 58.1. The van der Waals surface area contributed by atoms with Crippen molar-refractivity contribution >= 4 is 0 Å². The second kappa shape index (κ2) is 6.72. The normalized spacial score (nSPS) is 13.4. The highest BCUT2D eigenvalue weighted by molar-refractivity contribution is 5.36. The van der Waals surface area contributed by atoms with E-state index in [1.165, 1.54) is 25.3 Å². The summed E-state index contributed by atoms with van der Waals surface area (Å²) in [5.74, 6) is -0.0906. The van der Waals surface area contributed by atoms with Gasteiger partial charge in [-0.3, -0.25) is 0 Å². The van der Waals surface area contributed by atoms with Gasteiger partial charge in [0.05, 0.1) is 7.11 Å². The van der Waals surface area contributed by atoms with Gasteiger partial charge in [-0.05, 0) is 24.6 Å². The highest BCUT2D eigenvalue weighted by Crippen LogP contribution is 2.26. The Bertz CT molecular complexity index is 409. The zero-order valence-electron chi connectivity index (χ0n) is 10.3. The maximum atomic E-state index is 13.1. The van der Waals surface area contributed by atoms with Crippen LogP contribution in [0.15, 0.2) is 18.2 Å². The lowest BCUT2D eigenvalue weighted by Gasteiger charge is -2.16. The van der Waals surface area contributed by atoms with Gasteiger partial charge in [0.2, 0.25) is 0 Å². The molecule has 0 saturated carbocycles.